The van der Waals surface area contributed by atoms with Gasteiger partial charge >= 0.3 is 0 Å². The molecule has 1 fully saturated rings. The molecule has 1 aromatic rings. The smallest absolute Gasteiger partial charge is 0.126 e. The fraction of sp³-hybridized carbons (Fsp3) is 0.688. The molecule has 1 aliphatic heterocycles. The predicted octanol–water partition coefficient (Wildman–Crippen LogP) is 2.82. The van der Waals surface area contributed by atoms with Crippen molar-refractivity contribution in [2.45, 2.75) is 46.2 Å². The Kier molecular flexibility index (Phi) is 4.53. The van der Waals surface area contributed by atoms with Gasteiger partial charge in [-0.3, -0.25) is 4.90 Å². The minimum atomic E-state index is 0.0530. The highest BCUT2D eigenvalue weighted by atomic mass is 15.3. The van der Waals surface area contributed by atoms with Crippen molar-refractivity contribution in [1.82, 2.24) is 9.88 Å². The summed E-state index contributed by atoms with van der Waals surface area (Å²) in [7, 11) is 0. The Bertz CT molecular complexity index is 411. The summed E-state index contributed by atoms with van der Waals surface area (Å²) in [5, 5.41) is 3.40. The predicted molar refractivity (Wildman–Crippen MR) is 86.5 cm³/mol. The normalized spacial score (nSPS) is 17.6. The Balaban J connectivity index is 1.94. The van der Waals surface area contributed by atoms with Crippen molar-refractivity contribution in [2.24, 2.45) is 0 Å². The number of nitrogens with zero attached hydrogens (tertiary/aromatic N) is 3. The second-order valence-electron chi connectivity index (χ2n) is 6.89. The molecule has 2 rings (SSSR count). The van der Waals surface area contributed by atoms with E-state index >= 15 is 0 Å². The number of piperazine rings is 1. The van der Waals surface area contributed by atoms with Crippen LogP contribution in [0.2, 0.25) is 0 Å². The van der Waals surface area contributed by atoms with Crippen LogP contribution in [0.5, 0.6) is 0 Å². The maximum Gasteiger partial charge on any atom is 0.126 e. The highest BCUT2D eigenvalue weighted by Gasteiger charge is 2.19. The lowest BCUT2D eigenvalue weighted by Gasteiger charge is -2.38. The molecule has 0 saturated carbocycles. The van der Waals surface area contributed by atoms with Crippen LogP contribution in [-0.2, 0) is 0 Å². The summed E-state index contributed by atoms with van der Waals surface area (Å²) in [5.41, 5.74) is 1.28. The van der Waals surface area contributed by atoms with E-state index in [1.54, 1.807) is 0 Å². The molecule has 0 unspecified atom stereocenters. The summed E-state index contributed by atoms with van der Waals surface area (Å²) < 4.78 is 0. The van der Waals surface area contributed by atoms with Gasteiger partial charge in [0.15, 0.2) is 0 Å². The van der Waals surface area contributed by atoms with E-state index in [1.807, 2.05) is 6.20 Å². The van der Waals surface area contributed by atoms with Gasteiger partial charge in [-0.05, 0) is 46.8 Å². The fourth-order valence-electron chi connectivity index (χ4n) is 2.53. The number of nitrogens with one attached hydrogen (secondary N) is 1. The molecule has 20 heavy (non-hydrogen) atoms. The highest BCUT2D eigenvalue weighted by Crippen LogP contribution is 2.19. The molecule has 1 saturated heterocycles. The number of aromatic nitrogens is 1. The van der Waals surface area contributed by atoms with Gasteiger partial charge < -0.3 is 10.2 Å². The summed E-state index contributed by atoms with van der Waals surface area (Å²) in [6, 6.07) is 4.90. The van der Waals surface area contributed by atoms with Crippen LogP contribution in [0.3, 0.4) is 0 Å². The second-order valence-corrected chi connectivity index (χ2v) is 6.89. The monoisotopic (exact) mass is 276 g/mol. The molecule has 1 N–H and O–H groups in total. The number of hydrogen-bond acceptors (Lipinski definition) is 4. The molecule has 112 valence electrons. The molecule has 1 aliphatic rings. The van der Waals surface area contributed by atoms with Crippen molar-refractivity contribution in [3.05, 3.63) is 18.3 Å². The molecule has 0 radical (unpaired) electrons. The SMILES string of the molecule is CC(C)N1CCN(c2ccc(NC(C)(C)C)nc2)CC1. The third-order valence-corrected chi connectivity index (χ3v) is 3.66. The second kappa shape index (κ2) is 6.00. The lowest BCUT2D eigenvalue weighted by atomic mass is 10.1. The first kappa shape index (κ1) is 15.1. The maximum atomic E-state index is 4.53. The average Bonchev–Trinajstić information content (AvgIpc) is 2.38. The van der Waals surface area contributed by atoms with Gasteiger partial charge in [0, 0.05) is 37.8 Å². The summed E-state index contributed by atoms with van der Waals surface area (Å²) >= 11 is 0. The van der Waals surface area contributed by atoms with Crippen LogP contribution in [0.25, 0.3) is 0 Å². The molecule has 0 bridgehead atoms. The van der Waals surface area contributed by atoms with Gasteiger partial charge in [-0.25, -0.2) is 4.98 Å². The van der Waals surface area contributed by atoms with Gasteiger partial charge in [0.05, 0.1) is 11.9 Å². The molecule has 1 aromatic heterocycles. The van der Waals surface area contributed by atoms with Crippen molar-refractivity contribution < 1.29 is 0 Å². The van der Waals surface area contributed by atoms with Gasteiger partial charge in [-0.2, -0.15) is 0 Å². The van der Waals surface area contributed by atoms with Gasteiger partial charge in [0.25, 0.3) is 0 Å². The zero-order valence-electron chi connectivity index (χ0n) is 13.5. The quantitative estimate of drug-likeness (QED) is 0.920. The van der Waals surface area contributed by atoms with Crippen LogP contribution in [0.1, 0.15) is 34.6 Å². The van der Waals surface area contributed by atoms with Crippen molar-refractivity contribution in [3.63, 3.8) is 0 Å². The fourth-order valence-corrected chi connectivity index (χ4v) is 2.53. The molecule has 0 aliphatic carbocycles. The van der Waals surface area contributed by atoms with E-state index < -0.39 is 0 Å². The zero-order valence-corrected chi connectivity index (χ0v) is 13.5. The lowest BCUT2D eigenvalue weighted by Crippen LogP contribution is -2.48. The van der Waals surface area contributed by atoms with E-state index in [2.05, 4.69) is 66.9 Å². The van der Waals surface area contributed by atoms with Crippen LogP contribution in [0, 0.1) is 0 Å². The molecule has 0 spiro atoms. The molecule has 2 heterocycles. The summed E-state index contributed by atoms with van der Waals surface area (Å²) in [6.45, 7) is 15.4. The van der Waals surface area contributed by atoms with Crippen LogP contribution < -0.4 is 10.2 Å². The largest absolute Gasteiger partial charge is 0.368 e. The Labute approximate surface area is 123 Å². The van der Waals surface area contributed by atoms with E-state index in [1.165, 1.54) is 5.69 Å². The number of hydrogen-bond donors (Lipinski definition) is 1. The maximum absolute atomic E-state index is 4.53. The lowest BCUT2D eigenvalue weighted by molar-refractivity contribution is 0.209. The molecule has 0 atom stereocenters. The number of pyridine rings is 1. The van der Waals surface area contributed by atoms with Gasteiger partial charge in [0.1, 0.15) is 5.82 Å². The first-order chi connectivity index (χ1) is 9.35. The molecule has 4 heteroatoms. The first-order valence-electron chi connectivity index (χ1n) is 7.58. The van der Waals surface area contributed by atoms with E-state index in [0.29, 0.717) is 6.04 Å². The molecule has 0 amide bonds. The summed E-state index contributed by atoms with van der Waals surface area (Å²) in [4.78, 5) is 9.48. The Morgan fingerprint density at radius 2 is 1.75 bits per heavy atom. The molecule has 4 nitrogen and oxygen atoms in total. The molecular formula is C16H28N4. The van der Waals surface area contributed by atoms with Crippen LogP contribution >= 0.6 is 0 Å². The van der Waals surface area contributed by atoms with Gasteiger partial charge in [-0.15, -0.1) is 0 Å². The minimum absolute atomic E-state index is 0.0530. The van der Waals surface area contributed by atoms with Crippen molar-refractivity contribution >= 4 is 11.5 Å². The Hall–Kier alpha value is -1.29. The minimum Gasteiger partial charge on any atom is -0.368 e. The van der Waals surface area contributed by atoms with Crippen LogP contribution in [0.4, 0.5) is 11.5 Å². The Morgan fingerprint density at radius 3 is 2.20 bits per heavy atom. The van der Waals surface area contributed by atoms with Crippen molar-refractivity contribution in [2.75, 3.05) is 36.4 Å². The van der Waals surface area contributed by atoms with E-state index in [4.69, 9.17) is 0 Å². The third kappa shape index (κ3) is 4.10. The van der Waals surface area contributed by atoms with E-state index in [-0.39, 0.29) is 5.54 Å². The van der Waals surface area contributed by atoms with Crippen molar-refractivity contribution in [3.8, 4) is 0 Å². The summed E-state index contributed by atoms with van der Waals surface area (Å²) in [6.07, 6.45) is 1.99. The number of anilines is 2. The number of rotatable bonds is 3. The van der Waals surface area contributed by atoms with Crippen molar-refractivity contribution in [1.29, 1.82) is 0 Å². The Morgan fingerprint density at radius 1 is 1.10 bits per heavy atom. The highest BCUT2D eigenvalue weighted by molar-refractivity contribution is 5.50. The standard InChI is InChI=1S/C16H28N4/c1-13(2)19-8-10-20(11-9-19)14-6-7-15(17-12-14)18-16(3,4)5/h6-7,12-13H,8-11H2,1-5H3,(H,17,18). The third-order valence-electron chi connectivity index (χ3n) is 3.66. The van der Waals surface area contributed by atoms with Crippen LogP contribution in [0.15, 0.2) is 18.3 Å². The van der Waals surface area contributed by atoms with E-state index in [0.717, 1.165) is 32.0 Å². The zero-order chi connectivity index (χ0) is 14.8. The van der Waals surface area contributed by atoms with Gasteiger partial charge in [0.2, 0.25) is 0 Å². The topological polar surface area (TPSA) is 31.4 Å². The van der Waals surface area contributed by atoms with Crippen LogP contribution in [-0.4, -0.2) is 47.6 Å². The first-order valence-corrected chi connectivity index (χ1v) is 7.58. The molecule has 0 aromatic carbocycles. The molecular weight excluding hydrogens is 248 g/mol. The van der Waals surface area contributed by atoms with E-state index in [9.17, 15) is 0 Å². The average molecular weight is 276 g/mol. The summed E-state index contributed by atoms with van der Waals surface area (Å²) in [5.74, 6) is 0.946. The van der Waals surface area contributed by atoms with Gasteiger partial charge in [-0.1, -0.05) is 0 Å².